The predicted molar refractivity (Wildman–Crippen MR) is 110 cm³/mol. The van der Waals surface area contributed by atoms with E-state index in [2.05, 4.69) is 27.2 Å². The number of methoxy groups -OCH3 is 1. The number of aryl methyl sites for hydroxylation is 2. The standard InChI is InChI=1S/C23H33N3O3/c1-28-21-6-16-4-2-3-15(16)5-17(21)9-25-10-20-19(12-27)22-11-26(18-7-24-8-18)14-23(20,13-25)29-22/h5-6,18-20,22,24,27H,2-4,7-14H2,1H3/t19-,20+,22+,23-/m0/s1. The molecule has 1 aliphatic carbocycles. The zero-order valence-electron chi connectivity index (χ0n) is 17.4. The number of nitrogens with one attached hydrogen (secondary N) is 1. The molecule has 4 atom stereocenters. The molecule has 0 aromatic heterocycles. The van der Waals surface area contributed by atoms with E-state index in [1.807, 2.05) is 0 Å². The highest BCUT2D eigenvalue weighted by Gasteiger charge is 2.62. The third-order valence-electron chi connectivity index (χ3n) is 8.26. The molecule has 2 N–H and O–H groups in total. The number of hydrogen-bond acceptors (Lipinski definition) is 6. The molecule has 1 aromatic rings. The third kappa shape index (κ3) is 2.87. The van der Waals surface area contributed by atoms with E-state index in [-0.39, 0.29) is 24.2 Å². The van der Waals surface area contributed by atoms with Crippen molar-refractivity contribution in [2.75, 3.05) is 53.0 Å². The monoisotopic (exact) mass is 399 g/mol. The number of ether oxygens (including phenoxy) is 2. The van der Waals surface area contributed by atoms with Gasteiger partial charge in [0.1, 0.15) is 5.75 Å². The average Bonchev–Trinajstić information content (AvgIpc) is 3.29. The topological polar surface area (TPSA) is 57.2 Å². The van der Waals surface area contributed by atoms with Gasteiger partial charge in [0.25, 0.3) is 0 Å². The van der Waals surface area contributed by atoms with Crippen molar-refractivity contribution in [1.29, 1.82) is 0 Å². The second-order valence-corrected chi connectivity index (χ2v) is 9.87. The van der Waals surface area contributed by atoms with E-state index in [9.17, 15) is 5.11 Å². The maximum absolute atomic E-state index is 10.2. The normalized spacial score (nSPS) is 36.8. The number of hydrogen-bond donors (Lipinski definition) is 2. The van der Waals surface area contributed by atoms with Crippen molar-refractivity contribution in [3.63, 3.8) is 0 Å². The largest absolute Gasteiger partial charge is 0.496 e. The Morgan fingerprint density at radius 2 is 2.03 bits per heavy atom. The molecule has 1 aromatic carbocycles. The van der Waals surface area contributed by atoms with Gasteiger partial charge in [-0.15, -0.1) is 0 Å². The van der Waals surface area contributed by atoms with E-state index < -0.39 is 0 Å². The first-order valence-corrected chi connectivity index (χ1v) is 11.3. The van der Waals surface area contributed by atoms with Gasteiger partial charge in [-0.2, -0.15) is 0 Å². The SMILES string of the molecule is COc1cc2c(cc1CN1C[C@@H]3[C@H](CO)[C@H]4CN(C5CNC5)C[C@]3(C1)O4)CCC2. The van der Waals surface area contributed by atoms with Gasteiger partial charge in [0.2, 0.25) is 0 Å². The fourth-order valence-electron chi connectivity index (χ4n) is 6.70. The van der Waals surface area contributed by atoms with Crippen LogP contribution in [0.15, 0.2) is 12.1 Å². The van der Waals surface area contributed by atoms with E-state index in [1.165, 1.54) is 36.0 Å². The molecule has 6 heteroatoms. The first kappa shape index (κ1) is 18.6. The van der Waals surface area contributed by atoms with Crippen molar-refractivity contribution < 1.29 is 14.6 Å². The summed E-state index contributed by atoms with van der Waals surface area (Å²) in [4.78, 5) is 5.18. The summed E-state index contributed by atoms with van der Waals surface area (Å²) in [6, 6.07) is 5.29. The van der Waals surface area contributed by atoms with Crippen LogP contribution in [0, 0.1) is 11.8 Å². The van der Waals surface area contributed by atoms with Crippen molar-refractivity contribution in [3.05, 3.63) is 28.8 Å². The second-order valence-electron chi connectivity index (χ2n) is 9.87. The molecular weight excluding hydrogens is 366 g/mol. The summed E-state index contributed by atoms with van der Waals surface area (Å²) in [5.74, 6) is 1.72. The number of fused-ring (bicyclic) bond motifs is 2. The van der Waals surface area contributed by atoms with Crippen LogP contribution in [0.1, 0.15) is 23.1 Å². The summed E-state index contributed by atoms with van der Waals surface area (Å²) < 4.78 is 12.4. The maximum Gasteiger partial charge on any atom is 0.123 e. The fourth-order valence-corrected chi connectivity index (χ4v) is 6.70. The number of rotatable bonds is 5. The van der Waals surface area contributed by atoms with Gasteiger partial charge in [-0.1, -0.05) is 6.07 Å². The number of likely N-dealkylation sites (tertiary alicyclic amines) is 2. The summed E-state index contributed by atoms with van der Waals surface area (Å²) >= 11 is 0. The fraction of sp³-hybridized carbons (Fsp3) is 0.739. The molecule has 2 bridgehead atoms. The Labute approximate surface area is 173 Å². The molecule has 4 fully saturated rings. The van der Waals surface area contributed by atoms with Crippen LogP contribution in [-0.4, -0.2) is 85.6 Å². The molecule has 0 saturated carbocycles. The van der Waals surface area contributed by atoms with E-state index >= 15 is 0 Å². The van der Waals surface area contributed by atoms with Crippen LogP contribution in [0.4, 0.5) is 0 Å². The summed E-state index contributed by atoms with van der Waals surface area (Å²) in [5, 5.41) is 13.6. The van der Waals surface area contributed by atoms with Crippen LogP contribution >= 0.6 is 0 Å². The van der Waals surface area contributed by atoms with Crippen molar-refractivity contribution in [3.8, 4) is 5.75 Å². The molecule has 0 amide bonds. The lowest BCUT2D eigenvalue weighted by Gasteiger charge is -2.47. The number of aliphatic hydroxyl groups excluding tert-OH is 1. The zero-order valence-corrected chi connectivity index (χ0v) is 17.4. The van der Waals surface area contributed by atoms with Gasteiger partial charge < -0.3 is 19.9 Å². The van der Waals surface area contributed by atoms with Crippen LogP contribution < -0.4 is 10.1 Å². The molecule has 4 saturated heterocycles. The van der Waals surface area contributed by atoms with E-state index in [1.54, 1.807) is 7.11 Å². The summed E-state index contributed by atoms with van der Waals surface area (Å²) in [5.41, 5.74) is 4.16. The molecule has 4 heterocycles. The highest BCUT2D eigenvalue weighted by molar-refractivity contribution is 5.45. The molecular formula is C23H33N3O3. The molecule has 29 heavy (non-hydrogen) atoms. The quantitative estimate of drug-likeness (QED) is 0.758. The Morgan fingerprint density at radius 1 is 1.21 bits per heavy atom. The molecule has 1 spiro atoms. The number of aliphatic hydroxyl groups is 1. The molecule has 0 radical (unpaired) electrons. The lowest BCUT2D eigenvalue weighted by molar-refractivity contribution is -0.131. The van der Waals surface area contributed by atoms with Gasteiger partial charge >= 0.3 is 0 Å². The summed E-state index contributed by atoms with van der Waals surface area (Å²) in [7, 11) is 1.79. The zero-order chi connectivity index (χ0) is 19.6. The molecule has 6 rings (SSSR count). The van der Waals surface area contributed by atoms with Crippen LogP contribution in [-0.2, 0) is 24.1 Å². The highest BCUT2D eigenvalue weighted by atomic mass is 16.5. The van der Waals surface area contributed by atoms with Crippen molar-refractivity contribution in [2.24, 2.45) is 11.8 Å². The lowest BCUT2D eigenvalue weighted by atomic mass is 9.83. The van der Waals surface area contributed by atoms with Gasteiger partial charge in [-0.05, 0) is 36.5 Å². The van der Waals surface area contributed by atoms with E-state index in [0.717, 1.165) is 51.6 Å². The second kappa shape index (κ2) is 6.92. The Balaban J connectivity index is 1.24. The Morgan fingerprint density at radius 3 is 2.76 bits per heavy atom. The summed E-state index contributed by atoms with van der Waals surface area (Å²) in [6.45, 7) is 7.29. The number of benzene rings is 1. The third-order valence-corrected chi connectivity index (χ3v) is 8.26. The van der Waals surface area contributed by atoms with Gasteiger partial charge in [-0.3, -0.25) is 9.80 Å². The Hall–Kier alpha value is -1.18. The van der Waals surface area contributed by atoms with Crippen molar-refractivity contribution in [1.82, 2.24) is 15.1 Å². The predicted octanol–water partition coefficient (Wildman–Crippen LogP) is 0.649. The van der Waals surface area contributed by atoms with Crippen LogP contribution in [0.3, 0.4) is 0 Å². The van der Waals surface area contributed by atoms with Crippen LogP contribution in [0.5, 0.6) is 5.75 Å². The van der Waals surface area contributed by atoms with Crippen LogP contribution in [0.25, 0.3) is 0 Å². The first-order chi connectivity index (χ1) is 14.2. The molecule has 158 valence electrons. The first-order valence-electron chi connectivity index (χ1n) is 11.3. The molecule has 4 aliphatic heterocycles. The van der Waals surface area contributed by atoms with Crippen LogP contribution in [0.2, 0.25) is 0 Å². The Bertz CT molecular complexity index is 798. The van der Waals surface area contributed by atoms with E-state index in [4.69, 9.17) is 9.47 Å². The molecule has 5 aliphatic rings. The minimum atomic E-state index is -0.115. The van der Waals surface area contributed by atoms with E-state index in [0.29, 0.717) is 12.0 Å². The lowest BCUT2D eigenvalue weighted by Crippen LogP contribution is -2.64. The number of nitrogens with zero attached hydrogens (tertiary/aromatic N) is 2. The van der Waals surface area contributed by atoms with Gasteiger partial charge in [0.15, 0.2) is 0 Å². The average molecular weight is 400 g/mol. The Kier molecular flexibility index (Phi) is 4.44. The van der Waals surface area contributed by atoms with Crippen molar-refractivity contribution >= 4 is 0 Å². The highest BCUT2D eigenvalue weighted by Crippen LogP contribution is 2.50. The minimum Gasteiger partial charge on any atom is -0.496 e. The van der Waals surface area contributed by atoms with Gasteiger partial charge in [0, 0.05) is 75.9 Å². The molecule has 6 nitrogen and oxygen atoms in total. The maximum atomic E-state index is 10.2. The van der Waals surface area contributed by atoms with Gasteiger partial charge in [-0.25, -0.2) is 0 Å². The smallest absolute Gasteiger partial charge is 0.123 e. The van der Waals surface area contributed by atoms with Gasteiger partial charge in [0.05, 0.1) is 18.8 Å². The molecule has 0 unspecified atom stereocenters. The number of morpholine rings is 1. The minimum absolute atomic E-state index is 0.115. The summed E-state index contributed by atoms with van der Waals surface area (Å²) in [6.07, 6.45) is 3.83. The van der Waals surface area contributed by atoms with Crippen molar-refractivity contribution in [2.45, 2.75) is 43.6 Å².